The van der Waals surface area contributed by atoms with Crippen LogP contribution in [-0.4, -0.2) is 41.7 Å². The summed E-state index contributed by atoms with van der Waals surface area (Å²) in [5.74, 6) is 1.60. The molecule has 1 aliphatic carbocycles. The molecular weight excluding hydrogens is 368 g/mol. The van der Waals surface area contributed by atoms with E-state index < -0.39 is 0 Å². The van der Waals surface area contributed by atoms with E-state index in [4.69, 9.17) is 9.51 Å². The molecule has 128 valence electrons. The first-order valence-corrected chi connectivity index (χ1v) is 9.49. The van der Waals surface area contributed by atoms with Gasteiger partial charge in [0.2, 0.25) is 5.89 Å². The topological polar surface area (TPSA) is 54.2 Å². The molecule has 2 aromatic rings. The molecule has 0 spiro atoms. The van der Waals surface area contributed by atoms with Gasteiger partial charge in [-0.2, -0.15) is 4.98 Å². The fraction of sp³-hybridized carbons (Fsp3) is 0.556. The molecule has 2 heterocycles. The van der Waals surface area contributed by atoms with E-state index in [2.05, 4.69) is 62.6 Å². The number of halogens is 1. The van der Waals surface area contributed by atoms with Crippen LogP contribution < -0.4 is 5.32 Å². The fourth-order valence-electron chi connectivity index (χ4n) is 4.03. The molecule has 0 amide bonds. The van der Waals surface area contributed by atoms with Gasteiger partial charge in [0.25, 0.3) is 0 Å². The zero-order valence-corrected chi connectivity index (χ0v) is 15.6. The standard InChI is InChI=1S/C18H23BrN4O/c1-23-11-10-20-12-15(23)16-21-17(24-22-16)18(8-2-3-9-18)13-4-6-14(19)7-5-13/h4-7,15,20H,2-3,8-12H2,1H3. The van der Waals surface area contributed by atoms with E-state index >= 15 is 0 Å². The van der Waals surface area contributed by atoms with Gasteiger partial charge in [0.1, 0.15) is 0 Å². The third-order valence-corrected chi connectivity index (χ3v) is 6.04. The molecule has 1 N–H and O–H groups in total. The Morgan fingerprint density at radius 1 is 1.25 bits per heavy atom. The summed E-state index contributed by atoms with van der Waals surface area (Å²) >= 11 is 3.53. The molecule has 6 heteroatoms. The summed E-state index contributed by atoms with van der Waals surface area (Å²) in [6, 6.07) is 8.78. The Hall–Kier alpha value is -1.24. The lowest BCUT2D eigenvalue weighted by Crippen LogP contribution is -2.44. The number of benzene rings is 1. The maximum atomic E-state index is 5.81. The van der Waals surface area contributed by atoms with Crippen molar-refractivity contribution < 1.29 is 4.52 Å². The molecule has 1 aliphatic heterocycles. The summed E-state index contributed by atoms with van der Waals surface area (Å²) in [7, 11) is 2.13. The molecule has 1 atom stereocenters. The van der Waals surface area contributed by atoms with Crippen LogP contribution >= 0.6 is 15.9 Å². The van der Waals surface area contributed by atoms with Crippen LogP contribution in [-0.2, 0) is 5.41 Å². The zero-order chi connectivity index (χ0) is 16.6. The van der Waals surface area contributed by atoms with Crippen LogP contribution in [0.15, 0.2) is 33.3 Å². The minimum atomic E-state index is -0.118. The number of likely N-dealkylation sites (N-methyl/N-ethyl adjacent to an activating group) is 1. The first-order valence-electron chi connectivity index (χ1n) is 8.70. The molecule has 2 aliphatic rings. The number of aromatic nitrogens is 2. The second-order valence-electron chi connectivity index (χ2n) is 6.95. The average molecular weight is 391 g/mol. The van der Waals surface area contributed by atoms with Crippen LogP contribution in [0.4, 0.5) is 0 Å². The van der Waals surface area contributed by atoms with Gasteiger partial charge in [-0.25, -0.2) is 0 Å². The number of nitrogens with zero attached hydrogens (tertiary/aromatic N) is 3. The van der Waals surface area contributed by atoms with Gasteiger partial charge in [0.05, 0.1) is 11.5 Å². The highest BCUT2D eigenvalue weighted by atomic mass is 79.9. The van der Waals surface area contributed by atoms with E-state index in [-0.39, 0.29) is 11.5 Å². The third kappa shape index (κ3) is 2.80. The van der Waals surface area contributed by atoms with Crippen molar-refractivity contribution >= 4 is 15.9 Å². The van der Waals surface area contributed by atoms with Gasteiger partial charge >= 0.3 is 0 Å². The van der Waals surface area contributed by atoms with E-state index in [0.29, 0.717) is 0 Å². The van der Waals surface area contributed by atoms with Crippen molar-refractivity contribution in [3.8, 4) is 0 Å². The molecule has 24 heavy (non-hydrogen) atoms. The molecule has 1 unspecified atom stereocenters. The molecule has 1 aromatic carbocycles. The first-order chi connectivity index (χ1) is 11.7. The van der Waals surface area contributed by atoms with Gasteiger partial charge in [-0.3, -0.25) is 4.90 Å². The molecule has 0 bridgehead atoms. The number of nitrogens with one attached hydrogen (secondary N) is 1. The molecule has 4 rings (SSSR count). The lowest BCUT2D eigenvalue weighted by molar-refractivity contribution is 0.190. The van der Waals surface area contributed by atoms with Crippen LogP contribution in [0, 0.1) is 0 Å². The van der Waals surface area contributed by atoms with Crippen molar-refractivity contribution in [1.82, 2.24) is 20.4 Å². The summed E-state index contributed by atoms with van der Waals surface area (Å²) < 4.78 is 6.91. The highest BCUT2D eigenvalue weighted by Crippen LogP contribution is 2.46. The SMILES string of the molecule is CN1CCNCC1c1noc(C2(c3ccc(Br)cc3)CCCC2)n1. The second-order valence-corrected chi connectivity index (χ2v) is 7.87. The lowest BCUT2D eigenvalue weighted by Gasteiger charge is -2.30. The summed E-state index contributed by atoms with van der Waals surface area (Å²) in [5.41, 5.74) is 1.17. The number of hydrogen-bond acceptors (Lipinski definition) is 5. The molecule has 1 saturated heterocycles. The van der Waals surface area contributed by atoms with Gasteiger partial charge in [0, 0.05) is 24.1 Å². The van der Waals surface area contributed by atoms with E-state index in [0.717, 1.165) is 48.7 Å². The van der Waals surface area contributed by atoms with Crippen molar-refractivity contribution in [2.24, 2.45) is 0 Å². The van der Waals surface area contributed by atoms with Crippen molar-refractivity contribution in [2.45, 2.75) is 37.1 Å². The van der Waals surface area contributed by atoms with Crippen LogP contribution in [0.5, 0.6) is 0 Å². The zero-order valence-electron chi connectivity index (χ0n) is 14.0. The summed E-state index contributed by atoms with van der Waals surface area (Å²) in [6.07, 6.45) is 4.57. The van der Waals surface area contributed by atoms with E-state index in [1.807, 2.05) is 0 Å². The molecule has 5 nitrogen and oxygen atoms in total. The number of hydrogen-bond donors (Lipinski definition) is 1. The molecule has 1 saturated carbocycles. The van der Waals surface area contributed by atoms with Crippen LogP contribution in [0.25, 0.3) is 0 Å². The quantitative estimate of drug-likeness (QED) is 0.871. The molecule has 0 radical (unpaired) electrons. The third-order valence-electron chi connectivity index (χ3n) is 5.51. The monoisotopic (exact) mass is 390 g/mol. The van der Waals surface area contributed by atoms with Gasteiger partial charge in [-0.05, 0) is 37.6 Å². The van der Waals surface area contributed by atoms with Crippen molar-refractivity contribution in [1.29, 1.82) is 0 Å². The Balaban J connectivity index is 1.68. The molecular formula is C18H23BrN4O. The second kappa shape index (κ2) is 6.58. The highest BCUT2D eigenvalue weighted by molar-refractivity contribution is 9.10. The van der Waals surface area contributed by atoms with Gasteiger partial charge in [-0.15, -0.1) is 0 Å². The van der Waals surface area contributed by atoms with Gasteiger partial charge in [-0.1, -0.05) is 46.1 Å². The molecule has 1 aromatic heterocycles. The minimum Gasteiger partial charge on any atom is -0.338 e. The Kier molecular flexibility index (Phi) is 4.45. The predicted octanol–water partition coefficient (Wildman–Crippen LogP) is 3.27. The van der Waals surface area contributed by atoms with Crippen molar-refractivity contribution in [2.75, 3.05) is 26.7 Å². The molecule has 2 fully saturated rings. The fourth-order valence-corrected chi connectivity index (χ4v) is 4.30. The Bertz CT molecular complexity index is 693. The maximum Gasteiger partial charge on any atom is 0.237 e. The number of piperazine rings is 1. The van der Waals surface area contributed by atoms with E-state index in [1.165, 1.54) is 18.4 Å². The van der Waals surface area contributed by atoms with Gasteiger partial charge < -0.3 is 9.84 Å². The van der Waals surface area contributed by atoms with Crippen molar-refractivity contribution in [3.63, 3.8) is 0 Å². The van der Waals surface area contributed by atoms with Crippen LogP contribution in [0.1, 0.15) is 49.0 Å². The predicted molar refractivity (Wildman–Crippen MR) is 95.9 cm³/mol. The summed E-state index contributed by atoms with van der Waals surface area (Å²) in [6.45, 7) is 2.90. The normalized spacial score (nSPS) is 24.3. The highest BCUT2D eigenvalue weighted by Gasteiger charge is 2.43. The first kappa shape index (κ1) is 16.2. The Morgan fingerprint density at radius 2 is 2.00 bits per heavy atom. The lowest BCUT2D eigenvalue weighted by atomic mass is 9.79. The minimum absolute atomic E-state index is 0.118. The Labute approximate surface area is 150 Å². The maximum absolute atomic E-state index is 5.81. The van der Waals surface area contributed by atoms with Gasteiger partial charge in [0.15, 0.2) is 5.82 Å². The number of rotatable bonds is 3. The smallest absolute Gasteiger partial charge is 0.237 e. The van der Waals surface area contributed by atoms with E-state index in [9.17, 15) is 0 Å². The largest absolute Gasteiger partial charge is 0.338 e. The summed E-state index contributed by atoms with van der Waals surface area (Å²) in [4.78, 5) is 7.16. The average Bonchev–Trinajstić information content (AvgIpc) is 3.26. The van der Waals surface area contributed by atoms with Crippen molar-refractivity contribution in [3.05, 3.63) is 46.0 Å². The van der Waals surface area contributed by atoms with Crippen LogP contribution in [0.3, 0.4) is 0 Å². The van der Waals surface area contributed by atoms with Crippen LogP contribution in [0.2, 0.25) is 0 Å². The van der Waals surface area contributed by atoms with E-state index in [1.54, 1.807) is 0 Å². The summed E-state index contributed by atoms with van der Waals surface area (Å²) in [5, 5.41) is 7.77. The Morgan fingerprint density at radius 3 is 2.71 bits per heavy atom.